The topological polar surface area (TPSA) is 177 Å². The number of aromatic nitrogens is 2. The monoisotopic (exact) mass is 844 g/mol. The first-order valence-electron chi connectivity index (χ1n) is 15.3. The Morgan fingerprint density at radius 1 is 0.740 bits per heavy atom. The molecular weight excluding hydrogens is 819 g/mol. The number of hydrogen-bond acceptors (Lipinski definition) is 11. The molecule has 4 aromatic carbocycles. The van der Waals surface area contributed by atoms with Crippen LogP contribution in [0.4, 0.5) is 0 Å². The summed E-state index contributed by atoms with van der Waals surface area (Å²) in [5.74, 6) is 1.92. The van der Waals surface area contributed by atoms with Crippen LogP contribution >= 0.6 is 38.5 Å². The average Bonchev–Trinajstić information content (AvgIpc) is 3.70. The summed E-state index contributed by atoms with van der Waals surface area (Å²) in [6.07, 6.45) is 4.83. The molecule has 9 rings (SSSR count). The maximum Gasteiger partial charge on any atom is 0.307 e. The Labute approximate surface area is 307 Å². The number of ether oxygens (including phenoxy) is 4. The summed E-state index contributed by atoms with van der Waals surface area (Å²) in [6, 6.07) is 23.3. The van der Waals surface area contributed by atoms with E-state index in [4.69, 9.17) is 30.4 Å². The van der Waals surface area contributed by atoms with Crippen molar-refractivity contribution in [3.63, 3.8) is 0 Å². The van der Waals surface area contributed by atoms with Crippen LogP contribution in [0.1, 0.15) is 27.8 Å². The van der Waals surface area contributed by atoms with Crippen LogP contribution in [0, 0.1) is 3.57 Å². The molecule has 250 valence electrons. The quantitative estimate of drug-likeness (QED) is 0.177. The van der Waals surface area contributed by atoms with Crippen molar-refractivity contribution < 1.29 is 28.8 Å². The molecule has 1 aromatic heterocycles. The molecule has 0 bridgehead atoms. The smallest absolute Gasteiger partial charge is 0.307 e. The molecule has 0 saturated heterocycles. The number of nitrogens with zero attached hydrogens (tertiary/aromatic N) is 4. The molecule has 14 heteroatoms. The second-order valence-corrected chi connectivity index (χ2v) is 14.1. The van der Waals surface area contributed by atoms with Gasteiger partial charge in [-0.1, -0.05) is 28.1 Å². The number of halogens is 2. The highest BCUT2D eigenvalue weighted by Crippen LogP contribution is 2.53. The van der Waals surface area contributed by atoms with Crippen LogP contribution < -0.4 is 20.9 Å². The van der Waals surface area contributed by atoms with E-state index in [0.29, 0.717) is 23.7 Å². The molecule has 50 heavy (non-hydrogen) atoms. The van der Waals surface area contributed by atoms with E-state index < -0.39 is 17.0 Å². The third-order valence-corrected chi connectivity index (χ3v) is 10.0. The van der Waals surface area contributed by atoms with Crippen LogP contribution in [0.25, 0.3) is 11.1 Å². The Balaban J connectivity index is 0.000000152. The van der Waals surface area contributed by atoms with Gasteiger partial charge < -0.3 is 35.5 Å². The Morgan fingerprint density at radius 3 is 1.88 bits per heavy atom. The number of nitrogens with two attached hydrogens (primary N) is 2. The number of aliphatic imine (C=N–C) groups is 2. The van der Waals surface area contributed by atoms with Crippen molar-refractivity contribution in [2.75, 3.05) is 13.2 Å². The highest BCUT2D eigenvalue weighted by Gasteiger charge is 2.48. The molecule has 0 saturated carbocycles. The van der Waals surface area contributed by atoms with Gasteiger partial charge >= 0.3 is 5.97 Å². The summed E-state index contributed by atoms with van der Waals surface area (Å²) in [7, 11) is 0. The van der Waals surface area contributed by atoms with Gasteiger partial charge in [0.1, 0.15) is 42.5 Å². The van der Waals surface area contributed by atoms with Gasteiger partial charge in [0.15, 0.2) is 11.1 Å². The molecule has 0 unspecified atom stereocenters. The molecule has 0 aliphatic carbocycles. The van der Waals surface area contributed by atoms with Gasteiger partial charge in [0, 0.05) is 48.3 Å². The van der Waals surface area contributed by atoms with Crippen LogP contribution in [0.3, 0.4) is 0 Å². The fourth-order valence-corrected chi connectivity index (χ4v) is 7.47. The predicted octanol–water partition coefficient (Wildman–Crippen LogP) is 6.21. The minimum absolute atomic E-state index is 0.0842. The molecule has 5 heterocycles. The molecule has 5 aromatic rings. The van der Waals surface area contributed by atoms with E-state index in [0.717, 1.165) is 52.9 Å². The largest absolute Gasteiger partial charge is 0.481 e. The zero-order chi connectivity index (χ0) is 34.6. The second-order valence-electron chi connectivity index (χ2n) is 11.9. The number of hydrogen-bond donors (Lipinski definition) is 3. The highest BCUT2D eigenvalue weighted by atomic mass is 127. The molecule has 2 atom stereocenters. The Bertz CT molecular complexity index is 2220. The zero-order valence-corrected chi connectivity index (χ0v) is 29.7. The molecule has 0 radical (unpaired) electrons. The average molecular weight is 845 g/mol. The Hall–Kier alpha value is -5.22. The van der Waals surface area contributed by atoms with Crippen molar-refractivity contribution in [2.24, 2.45) is 21.5 Å². The molecule has 0 fully saturated rings. The number of aliphatic carboxylic acids is 1. The maximum absolute atomic E-state index is 11.2. The zero-order valence-electron chi connectivity index (χ0n) is 26.0. The number of benzene rings is 4. The summed E-state index contributed by atoms with van der Waals surface area (Å²) in [5.41, 5.74) is 16.0. The molecular formula is C36H26BrIN6O6. The van der Waals surface area contributed by atoms with E-state index in [9.17, 15) is 9.90 Å². The number of amidine groups is 2. The molecule has 0 amide bonds. The lowest BCUT2D eigenvalue weighted by Crippen LogP contribution is -2.31. The standard InChI is InChI=1S/C21H16N4O4.C15H10BrIN2O2/c22-20-25-21(10-28-20)15-5-12(6-19(26)27)1-3-17(15)29-18-4-2-13(7-16(18)21)14-8-23-11-24-9-14;16-8-1-3-12-10(5-8)15(7-20-14(18)19-15)11-6-9(17)2-4-13(11)21-12/h1-5,7-9,11H,6,10H2,(H2,22,25)(H,26,27);1-6H,7H2,(H2,18,19)/t21-;15-/m10/s1. The van der Waals surface area contributed by atoms with Crippen molar-refractivity contribution >= 4 is 56.5 Å². The van der Waals surface area contributed by atoms with Gasteiger partial charge in [-0.05, 0) is 94.4 Å². The number of carboxylic acid groups (broad SMARTS) is 1. The van der Waals surface area contributed by atoms with Gasteiger partial charge in [-0.3, -0.25) is 4.79 Å². The first-order chi connectivity index (χ1) is 24.1. The molecule has 4 aliphatic heterocycles. The normalized spacial score (nSPS) is 20.3. The molecule has 5 N–H and O–H groups in total. The third-order valence-electron chi connectivity index (χ3n) is 8.84. The summed E-state index contributed by atoms with van der Waals surface area (Å²) in [6.45, 7) is 0.589. The number of rotatable bonds is 3. The van der Waals surface area contributed by atoms with E-state index in [1.807, 2.05) is 48.5 Å². The second kappa shape index (κ2) is 12.3. The fourth-order valence-electron chi connectivity index (χ4n) is 6.61. The summed E-state index contributed by atoms with van der Waals surface area (Å²) >= 11 is 5.79. The minimum atomic E-state index is -0.910. The van der Waals surface area contributed by atoms with Crippen LogP contribution in [0.2, 0.25) is 0 Å². The lowest BCUT2D eigenvalue weighted by molar-refractivity contribution is -0.136. The summed E-state index contributed by atoms with van der Waals surface area (Å²) < 4.78 is 25.3. The molecule has 2 spiro atoms. The van der Waals surface area contributed by atoms with E-state index in [1.54, 1.807) is 30.6 Å². The Kier molecular flexibility index (Phi) is 7.86. The fraction of sp³-hybridized carbons (Fsp3) is 0.139. The molecule has 12 nitrogen and oxygen atoms in total. The van der Waals surface area contributed by atoms with E-state index in [2.05, 4.69) is 64.5 Å². The first-order valence-corrected chi connectivity index (χ1v) is 17.2. The SMILES string of the molecule is NC1=N[C@@]2(CO1)c1cc(Br)ccc1Oc1ccc(I)cc12.NC1=N[C@]2(CO1)c1cc(CC(=O)O)ccc1Oc1ccc(-c3cncnc3)cc12. The summed E-state index contributed by atoms with van der Waals surface area (Å²) in [4.78, 5) is 28.6. The van der Waals surface area contributed by atoms with Crippen LogP contribution in [-0.2, 0) is 31.8 Å². The van der Waals surface area contributed by atoms with Crippen molar-refractivity contribution in [3.8, 4) is 34.1 Å². The van der Waals surface area contributed by atoms with Gasteiger partial charge in [-0.25, -0.2) is 20.0 Å². The van der Waals surface area contributed by atoms with Gasteiger partial charge in [0.2, 0.25) is 0 Å². The number of fused-ring (bicyclic) bond motifs is 8. The number of carbonyl (C=O) groups is 1. The predicted molar refractivity (Wildman–Crippen MR) is 195 cm³/mol. The number of carboxylic acids is 1. The van der Waals surface area contributed by atoms with Gasteiger partial charge in [-0.15, -0.1) is 0 Å². The Morgan fingerprint density at radius 2 is 1.28 bits per heavy atom. The maximum atomic E-state index is 11.2. The first kappa shape index (κ1) is 32.0. The van der Waals surface area contributed by atoms with Gasteiger partial charge in [0.05, 0.1) is 6.42 Å². The van der Waals surface area contributed by atoms with Gasteiger partial charge in [0.25, 0.3) is 12.0 Å². The van der Waals surface area contributed by atoms with Crippen LogP contribution in [0.5, 0.6) is 23.0 Å². The summed E-state index contributed by atoms with van der Waals surface area (Å²) in [5, 5.41) is 9.17. The minimum Gasteiger partial charge on any atom is -0.481 e. The van der Waals surface area contributed by atoms with Crippen LogP contribution in [0.15, 0.2) is 106 Å². The van der Waals surface area contributed by atoms with Crippen molar-refractivity contribution in [1.29, 1.82) is 0 Å². The van der Waals surface area contributed by atoms with Crippen LogP contribution in [-0.4, -0.2) is 46.3 Å². The van der Waals surface area contributed by atoms with E-state index in [1.165, 1.54) is 6.33 Å². The third kappa shape index (κ3) is 5.48. The van der Waals surface area contributed by atoms with Gasteiger partial charge in [-0.2, -0.15) is 0 Å². The van der Waals surface area contributed by atoms with Crippen molar-refractivity contribution in [2.45, 2.75) is 17.5 Å². The highest BCUT2D eigenvalue weighted by molar-refractivity contribution is 14.1. The molecule has 4 aliphatic rings. The van der Waals surface area contributed by atoms with E-state index in [-0.39, 0.29) is 25.1 Å². The van der Waals surface area contributed by atoms with Crippen molar-refractivity contribution in [3.05, 3.63) is 127 Å². The van der Waals surface area contributed by atoms with Crippen molar-refractivity contribution in [1.82, 2.24) is 9.97 Å². The lowest BCUT2D eigenvalue weighted by atomic mass is 9.79. The lowest BCUT2D eigenvalue weighted by Gasteiger charge is -2.34. The van der Waals surface area contributed by atoms with E-state index >= 15 is 0 Å².